The summed E-state index contributed by atoms with van der Waals surface area (Å²) in [4.78, 5) is 12.4. The predicted octanol–water partition coefficient (Wildman–Crippen LogP) is 4.90. The molecule has 1 aromatic heterocycles. The van der Waals surface area contributed by atoms with Crippen LogP contribution in [0.3, 0.4) is 0 Å². The zero-order chi connectivity index (χ0) is 19.5. The molecule has 28 heavy (non-hydrogen) atoms. The van der Waals surface area contributed by atoms with Crippen LogP contribution in [0.25, 0.3) is 0 Å². The Bertz CT molecular complexity index is 985. The van der Waals surface area contributed by atoms with Gasteiger partial charge < -0.3 is 9.88 Å². The number of hydrogen-bond acceptors (Lipinski definition) is 4. The van der Waals surface area contributed by atoms with E-state index in [9.17, 15) is 4.79 Å². The molecule has 1 saturated carbocycles. The Hall–Kier alpha value is -2.31. The highest BCUT2D eigenvalue weighted by Gasteiger charge is 2.30. The molecule has 5 nitrogen and oxygen atoms in total. The van der Waals surface area contributed by atoms with E-state index >= 15 is 0 Å². The standard InChI is InChI=1S/C21H21ClN4OS/c1-14-7-10-17(22)11-18(14)23-19(27)13-28-21-25-24-20(16-8-9-16)26(21)12-15-5-3-2-4-6-15/h2-7,10-11,16H,8-9,12-13H2,1H3,(H,23,27). The molecule has 4 rings (SSSR count). The number of nitrogens with one attached hydrogen (secondary N) is 1. The number of benzene rings is 2. The first kappa shape index (κ1) is 19.0. The van der Waals surface area contributed by atoms with Crippen molar-refractivity contribution in [3.05, 3.63) is 70.5 Å². The van der Waals surface area contributed by atoms with Crippen LogP contribution >= 0.6 is 23.4 Å². The number of amides is 1. The van der Waals surface area contributed by atoms with Crippen LogP contribution in [0.5, 0.6) is 0 Å². The molecule has 0 saturated heterocycles. The Morgan fingerprint density at radius 3 is 2.75 bits per heavy atom. The van der Waals surface area contributed by atoms with Gasteiger partial charge >= 0.3 is 0 Å². The highest BCUT2D eigenvalue weighted by molar-refractivity contribution is 7.99. The number of hydrogen-bond donors (Lipinski definition) is 1. The molecule has 3 aromatic rings. The Labute approximate surface area is 173 Å². The second-order valence-corrected chi connectivity index (χ2v) is 8.36. The maximum atomic E-state index is 12.4. The van der Waals surface area contributed by atoms with Crippen molar-refractivity contribution in [2.75, 3.05) is 11.1 Å². The van der Waals surface area contributed by atoms with Crippen molar-refractivity contribution in [1.82, 2.24) is 14.8 Å². The topological polar surface area (TPSA) is 59.8 Å². The van der Waals surface area contributed by atoms with Crippen LogP contribution < -0.4 is 5.32 Å². The minimum Gasteiger partial charge on any atom is -0.325 e. The first-order valence-corrected chi connectivity index (χ1v) is 10.6. The van der Waals surface area contributed by atoms with Gasteiger partial charge in [-0.1, -0.05) is 59.8 Å². The van der Waals surface area contributed by atoms with Crippen molar-refractivity contribution in [3.63, 3.8) is 0 Å². The minimum absolute atomic E-state index is 0.0856. The van der Waals surface area contributed by atoms with Gasteiger partial charge in [0.25, 0.3) is 0 Å². The van der Waals surface area contributed by atoms with Crippen molar-refractivity contribution in [3.8, 4) is 0 Å². The summed E-state index contributed by atoms with van der Waals surface area (Å²) >= 11 is 7.45. The van der Waals surface area contributed by atoms with Crippen LogP contribution in [0.15, 0.2) is 53.7 Å². The molecule has 1 fully saturated rings. The zero-order valence-electron chi connectivity index (χ0n) is 15.6. The third-order valence-electron chi connectivity index (χ3n) is 4.68. The summed E-state index contributed by atoms with van der Waals surface area (Å²) in [5.41, 5.74) is 2.92. The molecule has 0 atom stereocenters. The molecule has 1 heterocycles. The molecular weight excluding hydrogens is 392 g/mol. The number of nitrogens with zero attached hydrogens (tertiary/aromatic N) is 3. The van der Waals surface area contributed by atoms with Crippen molar-refractivity contribution in [2.24, 2.45) is 0 Å². The van der Waals surface area contributed by atoms with Gasteiger partial charge in [0.05, 0.1) is 12.3 Å². The molecule has 0 spiro atoms. The monoisotopic (exact) mass is 412 g/mol. The van der Waals surface area contributed by atoms with E-state index in [1.54, 1.807) is 6.07 Å². The summed E-state index contributed by atoms with van der Waals surface area (Å²) in [6, 6.07) is 15.7. The van der Waals surface area contributed by atoms with Gasteiger partial charge in [-0.3, -0.25) is 4.79 Å². The quantitative estimate of drug-likeness (QED) is 0.561. The Kier molecular flexibility index (Phi) is 5.69. The molecule has 1 N–H and O–H groups in total. The average molecular weight is 413 g/mol. The van der Waals surface area contributed by atoms with E-state index < -0.39 is 0 Å². The summed E-state index contributed by atoms with van der Waals surface area (Å²) in [5.74, 6) is 1.70. The summed E-state index contributed by atoms with van der Waals surface area (Å²) in [6.45, 7) is 2.66. The van der Waals surface area contributed by atoms with Crippen molar-refractivity contribution >= 4 is 35.0 Å². The Morgan fingerprint density at radius 2 is 2.00 bits per heavy atom. The number of aromatic nitrogens is 3. The second-order valence-electron chi connectivity index (χ2n) is 6.98. The fourth-order valence-corrected chi connectivity index (χ4v) is 3.93. The van der Waals surface area contributed by atoms with Gasteiger partial charge in [0.1, 0.15) is 5.82 Å². The highest BCUT2D eigenvalue weighted by atomic mass is 35.5. The van der Waals surface area contributed by atoms with Crippen molar-refractivity contribution in [1.29, 1.82) is 0 Å². The van der Waals surface area contributed by atoms with E-state index in [-0.39, 0.29) is 11.7 Å². The maximum Gasteiger partial charge on any atom is 0.234 e. The largest absolute Gasteiger partial charge is 0.325 e. The lowest BCUT2D eigenvalue weighted by atomic mass is 10.2. The SMILES string of the molecule is Cc1ccc(Cl)cc1NC(=O)CSc1nnc(C2CC2)n1Cc1ccccc1. The minimum atomic E-state index is -0.0856. The number of halogens is 1. The lowest BCUT2D eigenvalue weighted by molar-refractivity contribution is -0.113. The highest BCUT2D eigenvalue weighted by Crippen LogP contribution is 2.40. The number of carbonyl (C=O) groups is 1. The average Bonchev–Trinajstić information content (AvgIpc) is 3.46. The van der Waals surface area contributed by atoms with Gasteiger partial charge in [0.2, 0.25) is 5.91 Å². The third-order valence-corrected chi connectivity index (χ3v) is 5.88. The summed E-state index contributed by atoms with van der Waals surface area (Å²) in [5, 5.41) is 13.1. The molecule has 1 aliphatic carbocycles. The van der Waals surface area contributed by atoms with Crippen LogP contribution in [0.1, 0.15) is 35.7 Å². The number of carbonyl (C=O) groups excluding carboxylic acids is 1. The normalized spacial score (nSPS) is 13.5. The number of thioether (sulfide) groups is 1. The smallest absolute Gasteiger partial charge is 0.234 e. The third kappa shape index (κ3) is 4.56. The van der Waals surface area contributed by atoms with E-state index in [2.05, 4.69) is 32.2 Å². The van der Waals surface area contributed by atoms with Crippen LogP contribution in [0.2, 0.25) is 5.02 Å². The van der Waals surface area contributed by atoms with Crippen molar-refractivity contribution < 1.29 is 4.79 Å². The van der Waals surface area contributed by atoms with Gasteiger partial charge in [0, 0.05) is 16.6 Å². The predicted molar refractivity (Wildman–Crippen MR) is 113 cm³/mol. The fourth-order valence-electron chi connectivity index (χ4n) is 3.01. The molecule has 7 heteroatoms. The fraction of sp³-hybridized carbons (Fsp3) is 0.286. The summed E-state index contributed by atoms with van der Waals surface area (Å²) in [7, 11) is 0. The molecule has 0 radical (unpaired) electrons. The molecule has 0 aliphatic heterocycles. The number of aryl methyl sites for hydroxylation is 1. The van der Waals surface area contributed by atoms with Crippen LogP contribution in [-0.2, 0) is 11.3 Å². The molecule has 1 aliphatic rings. The lowest BCUT2D eigenvalue weighted by Crippen LogP contribution is -2.15. The first-order valence-electron chi connectivity index (χ1n) is 9.26. The molecule has 2 aromatic carbocycles. The van der Waals surface area contributed by atoms with Crippen LogP contribution in [0, 0.1) is 6.92 Å². The maximum absolute atomic E-state index is 12.4. The molecule has 1 amide bonds. The molecule has 144 valence electrons. The lowest BCUT2D eigenvalue weighted by Gasteiger charge is -2.11. The van der Waals surface area contributed by atoms with Crippen LogP contribution in [-0.4, -0.2) is 26.4 Å². The van der Waals surface area contributed by atoms with Gasteiger partial charge in [-0.15, -0.1) is 10.2 Å². The van der Waals surface area contributed by atoms with Crippen LogP contribution in [0.4, 0.5) is 5.69 Å². The van der Waals surface area contributed by atoms with E-state index in [0.717, 1.165) is 41.6 Å². The molecular formula is C21H21ClN4OS. The summed E-state index contributed by atoms with van der Waals surface area (Å²) in [6.07, 6.45) is 2.32. The number of rotatable bonds is 7. The van der Waals surface area contributed by atoms with Gasteiger partial charge in [-0.25, -0.2) is 0 Å². The molecule has 0 bridgehead atoms. The van der Waals surface area contributed by atoms with Crippen molar-refractivity contribution in [2.45, 2.75) is 37.4 Å². The number of anilines is 1. The van der Waals surface area contributed by atoms with E-state index in [1.165, 1.54) is 17.3 Å². The zero-order valence-corrected chi connectivity index (χ0v) is 17.1. The molecule has 0 unspecified atom stereocenters. The van der Waals surface area contributed by atoms with E-state index in [0.29, 0.717) is 10.9 Å². The second kappa shape index (κ2) is 8.37. The van der Waals surface area contributed by atoms with Gasteiger partial charge in [-0.05, 0) is 43.0 Å². The first-order chi connectivity index (χ1) is 13.6. The van der Waals surface area contributed by atoms with E-state index in [1.807, 2.05) is 37.3 Å². The summed E-state index contributed by atoms with van der Waals surface area (Å²) < 4.78 is 2.15. The van der Waals surface area contributed by atoms with E-state index in [4.69, 9.17) is 11.6 Å². The van der Waals surface area contributed by atoms with Gasteiger partial charge in [-0.2, -0.15) is 0 Å². The Balaban J connectivity index is 1.45. The Morgan fingerprint density at radius 1 is 1.21 bits per heavy atom. The van der Waals surface area contributed by atoms with Gasteiger partial charge in [0.15, 0.2) is 5.16 Å².